The van der Waals surface area contributed by atoms with Gasteiger partial charge in [-0.25, -0.2) is 9.59 Å². The Labute approximate surface area is 439 Å². The molecule has 2 unspecified atom stereocenters. The molecule has 0 aliphatic carbocycles. The van der Waals surface area contributed by atoms with E-state index in [9.17, 15) is 28.8 Å². The lowest BCUT2D eigenvalue weighted by Crippen LogP contribution is -2.39. The maximum atomic E-state index is 12.7. The first-order valence-electron chi connectivity index (χ1n) is 29.1. The van der Waals surface area contributed by atoms with Crippen molar-refractivity contribution in [2.45, 2.75) is 272 Å². The largest absolute Gasteiger partial charge is 0.465 e. The lowest BCUT2D eigenvalue weighted by molar-refractivity contribution is -0.163. The highest BCUT2D eigenvalue weighted by atomic mass is 16.6. The first kappa shape index (κ1) is 68.3. The molecule has 12 heteroatoms. The molecule has 0 aromatic carbocycles. The molecule has 12 nitrogen and oxygen atoms in total. The molecule has 0 radical (unpaired) electrons. The summed E-state index contributed by atoms with van der Waals surface area (Å²) in [4.78, 5) is 74.2. The average molecular weight is 1020 g/mol. The van der Waals surface area contributed by atoms with Crippen LogP contribution in [0.4, 0.5) is 0 Å². The Morgan fingerprint density at radius 1 is 0.292 bits per heavy atom. The van der Waals surface area contributed by atoms with Crippen molar-refractivity contribution in [2.24, 2.45) is 10.8 Å². The molecule has 0 aliphatic heterocycles. The Kier molecular flexibility index (Phi) is 45.8. The van der Waals surface area contributed by atoms with Crippen molar-refractivity contribution in [3.8, 4) is 0 Å². The van der Waals surface area contributed by atoms with Crippen molar-refractivity contribution < 1.29 is 57.2 Å². The molecule has 0 rings (SSSR count). The fourth-order valence-corrected chi connectivity index (χ4v) is 8.47. The summed E-state index contributed by atoms with van der Waals surface area (Å²) in [5, 5.41) is 0. The Morgan fingerprint density at radius 2 is 0.472 bits per heavy atom. The fraction of sp³-hybridized carbons (Fsp3) is 0.833. The van der Waals surface area contributed by atoms with Crippen LogP contribution in [0.3, 0.4) is 0 Å². The molecule has 0 heterocycles. The van der Waals surface area contributed by atoms with Gasteiger partial charge in [-0.05, 0) is 38.5 Å². The van der Waals surface area contributed by atoms with Crippen molar-refractivity contribution in [1.82, 2.24) is 0 Å². The van der Waals surface area contributed by atoms with E-state index >= 15 is 0 Å². The Morgan fingerprint density at radius 3 is 0.653 bits per heavy atom. The first-order valence-corrected chi connectivity index (χ1v) is 29.1. The zero-order chi connectivity index (χ0) is 53.2. The summed E-state index contributed by atoms with van der Waals surface area (Å²) in [6, 6.07) is 0. The molecule has 0 aliphatic rings. The highest BCUT2D eigenvalue weighted by Gasteiger charge is 2.35. The zero-order valence-corrected chi connectivity index (χ0v) is 46.6. The number of carbonyl (C=O) groups excluding carboxylic acids is 6. The Hall–Kier alpha value is -3.70. The molecule has 0 amide bonds. The summed E-state index contributed by atoms with van der Waals surface area (Å²) in [6.45, 7) is 15.2. The van der Waals surface area contributed by atoms with Gasteiger partial charge in [0.1, 0.15) is 39.6 Å². The summed E-state index contributed by atoms with van der Waals surface area (Å²) in [5.74, 6) is -2.26. The van der Waals surface area contributed by atoms with Gasteiger partial charge in [0.25, 0.3) is 0 Å². The maximum Gasteiger partial charge on any atom is 0.330 e. The van der Waals surface area contributed by atoms with E-state index in [4.69, 9.17) is 28.4 Å². The van der Waals surface area contributed by atoms with Gasteiger partial charge in [0.2, 0.25) is 0 Å². The van der Waals surface area contributed by atoms with Gasteiger partial charge in [0, 0.05) is 37.8 Å². The number of hydrogen-bond acceptors (Lipinski definition) is 12. The molecular weight excluding hydrogens is 913 g/mol. The molecule has 0 spiro atoms. The number of carbonyl (C=O) groups is 6. The SMILES string of the molecule is C=CC(=O)OCC(CC)(COC(=O)CCCCCCCCCC)COC(=O)CCCCCCCCCCCCCCCCCCC(=O)OCC(CC)(COC(=O)C=C)COC(=O)CCCCCCCCCC. The van der Waals surface area contributed by atoms with Gasteiger partial charge in [-0.1, -0.05) is 221 Å². The second-order valence-electron chi connectivity index (χ2n) is 20.6. The van der Waals surface area contributed by atoms with Crippen LogP contribution in [0.5, 0.6) is 0 Å². The van der Waals surface area contributed by atoms with Crippen molar-refractivity contribution in [3.63, 3.8) is 0 Å². The molecule has 0 saturated heterocycles. The van der Waals surface area contributed by atoms with E-state index in [0.29, 0.717) is 38.5 Å². The highest BCUT2D eigenvalue weighted by Crippen LogP contribution is 2.27. The number of esters is 6. The number of rotatable bonds is 53. The number of unbranched alkanes of at least 4 members (excludes halogenated alkanes) is 29. The third kappa shape index (κ3) is 40.7. The van der Waals surface area contributed by atoms with E-state index in [1.807, 2.05) is 13.8 Å². The van der Waals surface area contributed by atoms with Gasteiger partial charge in [0.15, 0.2) is 0 Å². The minimum absolute atomic E-state index is 0.0170. The summed E-state index contributed by atoms with van der Waals surface area (Å²) >= 11 is 0. The Balaban J connectivity index is 4.16. The van der Waals surface area contributed by atoms with E-state index < -0.39 is 22.8 Å². The highest BCUT2D eigenvalue weighted by molar-refractivity contribution is 5.81. The van der Waals surface area contributed by atoms with Gasteiger partial charge in [-0.3, -0.25) is 19.2 Å². The van der Waals surface area contributed by atoms with E-state index in [0.717, 1.165) is 102 Å². The normalized spacial score (nSPS) is 12.8. The Bertz CT molecular complexity index is 1310. The molecule has 0 fully saturated rings. The van der Waals surface area contributed by atoms with Crippen LogP contribution in [0, 0.1) is 10.8 Å². The first-order chi connectivity index (χ1) is 34.9. The number of hydrogen-bond donors (Lipinski definition) is 0. The summed E-state index contributed by atoms with van der Waals surface area (Å²) in [5.41, 5.74) is -1.61. The van der Waals surface area contributed by atoms with Crippen LogP contribution >= 0.6 is 0 Å². The van der Waals surface area contributed by atoms with Gasteiger partial charge in [0.05, 0.1) is 10.8 Å². The summed E-state index contributed by atoms with van der Waals surface area (Å²) in [6.07, 6.45) is 40.7. The smallest absolute Gasteiger partial charge is 0.330 e. The van der Waals surface area contributed by atoms with Crippen molar-refractivity contribution in [3.05, 3.63) is 25.3 Å². The van der Waals surface area contributed by atoms with Gasteiger partial charge >= 0.3 is 35.8 Å². The van der Waals surface area contributed by atoms with Gasteiger partial charge in [-0.15, -0.1) is 0 Å². The van der Waals surface area contributed by atoms with E-state index in [1.165, 1.54) is 116 Å². The van der Waals surface area contributed by atoms with Crippen LogP contribution in [0.25, 0.3) is 0 Å². The van der Waals surface area contributed by atoms with Crippen molar-refractivity contribution in [1.29, 1.82) is 0 Å². The van der Waals surface area contributed by atoms with Crippen LogP contribution in [-0.2, 0) is 57.2 Å². The number of ether oxygens (including phenoxy) is 6. The van der Waals surface area contributed by atoms with Crippen molar-refractivity contribution >= 4 is 35.8 Å². The molecule has 0 bridgehead atoms. The van der Waals surface area contributed by atoms with E-state index in [2.05, 4.69) is 27.0 Å². The van der Waals surface area contributed by atoms with E-state index in [1.54, 1.807) is 0 Å². The maximum absolute atomic E-state index is 12.7. The molecular formula is C60H106O12. The predicted octanol–water partition coefficient (Wildman–Crippen LogP) is 15.5. The second-order valence-corrected chi connectivity index (χ2v) is 20.6. The lowest BCUT2D eigenvalue weighted by atomic mass is 9.88. The quantitative estimate of drug-likeness (QED) is 0.0246. The third-order valence-corrected chi connectivity index (χ3v) is 14.0. The summed E-state index contributed by atoms with van der Waals surface area (Å²) < 4.78 is 33.3. The van der Waals surface area contributed by atoms with Gasteiger partial charge in [-0.2, -0.15) is 0 Å². The minimum Gasteiger partial charge on any atom is -0.465 e. The van der Waals surface area contributed by atoms with E-state index in [-0.39, 0.29) is 63.5 Å². The topological polar surface area (TPSA) is 158 Å². The summed E-state index contributed by atoms with van der Waals surface area (Å²) in [7, 11) is 0. The van der Waals surface area contributed by atoms with Crippen molar-refractivity contribution in [2.75, 3.05) is 39.6 Å². The molecule has 2 atom stereocenters. The molecule has 0 aromatic rings. The standard InChI is InChI=1S/C60H106O12/c1-7-13-15-17-19-31-35-39-43-55(63)69-49-59(11-5,47-67-53(61)9-3)51-71-57(65)45-41-37-33-29-27-25-23-21-22-24-26-28-30-34-38-42-46-58(66)72-52-60(12-6,48-68-54(62)10-4)50-70-56(64)44-40-36-32-20-18-16-14-8-2/h9-10H,3-4,7-8,11-52H2,1-2,5-6H3. The molecule has 72 heavy (non-hydrogen) atoms. The molecule has 0 saturated carbocycles. The second kappa shape index (κ2) is 48.3. The molecule has 0 aromatic heterocycles. The zero-order valence-electron chi connectivity index (χ0n) is 46.6. The predicted molar refractivity (Wildman–Crippen MR) is 289 cm³/mol. The lowest BCUT2D eigenvalue weighted by Gasteiger charge is -2.31. The minimum atomic E-state index is -0.807. The van der Waals surface area contributed by atoms with Crippen LogP contribution < -0.4 is 0 Å². The third-order valence-electron chi connectivity index (χ3n) is 14.0. The monoisotopic (exact) mass is 1020 g/mol. The molecule has 0 N–H and O–H groups in total. The van der Waals surface area contributed by atoms with Gasteiger partial charge < -0.3 is 28.4 Å². The molecule has 418 valence electrons. The average Bonchev–Trinajstić information content (AvgIpc) is 3.39. The van der Waals surface area contributed by atoms with Crippen LogP contribution in [-0.4, -0.2) is 75.5 Å². The van der Waals surface area contributed by atoms with Crippen LogP contribution in [0.15, 0.2) is 25.3 Å². The van der Waals surface area contributed by atoms with Crippen LogP contribution in [0.2, 0.25) is 0 Å². The van der Waals surface area contributed by atoms with Crippen LogP contribution in [0.1, 0.15) is 272 Å². The fourth-order valence-electron chi connectivity index (χ4n) is 8.47.